The first-order valence-electron chi connectivity index (χ1n) is 4.91. The molecule has 0 fully saturated rings. The van der Waals surface area contributed by atoms with Gasteiger partial charge in [-0.2, -0.15) is 0 Å². The molecule has 1 rings (SSSR count). The number of nitrogens with one attached hydrogen (secondary N) is 1. The molecule has 0 saturated carbocycles. The minimum absolute atomic E-state index is 0.0816. The van der Waals surface area contributed by atoms with E-state index in [0.717, 1.165) is 5.56 Å². The molecule has 16 heavy (non-hydrogen) atoms. The van der Waals surface area contributed by atoms with E-state index in [1.807, 2.05) is 6.07 Å². The molecule has 0 amide bonds. The highest BCUT2D eigenvalue weighted by Gasteiger charge is 2.16. The Labute approximate surface area is 101 Å². The lowest BCUT2D eigenvalue weighted by molar-refractivity contribution is 0.567. The zero-order valence-electron chi connectivity index (χ0n) is 8.98. The molecule has 4 nitrogen and oxygen atoms in total. The summed E-state index contributed by atoms with van der Waals surface area (Å²) in [5, 5.41) is 0.547. The molecule has 0 aliphatic rings. The summed E-state index contributed by atoms with van der Waals surface area (Å²) in [4.78, 5) is 0. The fourth-order valence-electron chi connectivity index (χ4n) is 1.37. The van der Waals surface area contributed by atoms with Crippen molar-refractivity contribution in [2.45, 2.75) is 13.0 Å². The molecule has 0 aliphatic carbocycles. The zero-order chi connectivity index (χ0) is 12.2. The van der Waals surface area contributed by atoms with E-state index in [0.29, 0.717) is 5.02 Å². The van der Waals surface area contributed by atoms with Crippen LogP contribution >= 0.6 is 11.6 Å². The average molecular weight is 263 g/mol. The molecule has 1 unspecified atom stereocenters. The van der Waals surface area contributed by atoms with Crippen LogP contribution in [0.4, 0.5) is 0 Å². The van der Waals surface area contributed by atoms with Gasteiger partial charge in [0, 0.05) is 17.6 Å². The van der Waals surface area contributed by atoms with Crippen molar-refractivity contribution in [3.05, 3.63) is 34.9 Å². The molecule has 1 aromatic carbocycles. The van der Waals surface area contributed by atoms with Crippen LogP contribution in [0.1, 0.15) is 18.5 Å². The Morgan fingerprint density at radius 3 is 2.62 bits per heavy atom. The maximum atomic E-state index is 11.5. The molecule has 0 bridgehead atoms. The molecule has 6 heteroatoms. The van der Waals surface area contributed by atoms with Gasteiger partial charge in [0.1, 0.15) is 0 Å². The summed E-state index contributed by atoms with van der Waals surface area (Å²) in [6.45, 7) is 1.85. The number of benzene rings is 1. The van der Waals surface area contributed by atoms with Gasteiger partial charge >= 0.3 is 0 Å². The second-order valence-corrected chi connectivity index (χ2v) is 5.75. The lowest BCUT2D eigenvalue weighted by Crippen LogP contribution is -2.32. The van der Waals surface area contributed by atoms with Crippen LogP contribution in [-0.4, -0.2) is 20.7 Å². The number of hydrogen-bond donors (Lipinski definition) is 2. The third kappa shape index (κ3) is 3.75. The second kappa shape index (κ2) is 5.63. The fraction of sp³-hybridized carbons (Fsp3) is 0.400. The first-order valence-corrected chi connectivity index (χ1v) is 6.94. The van der Waals surface area contributed by atoms with E-state index in [2.05, 4.69) is 4.72 Å². The minimum Gasteiger partial charge on any atom is -0.329 e. The molecule has 0 aliphatic heterocycles. The van der Waals surface area contributed by atoms with Gasteiger partial charge in [0.25, 0.3) is 0 Å². The van der Waals surface area contributed by atoms with E-state index in [-0.39, 0.29) is 18.3 Å². The van der Waals surface area contributed by atoms with Gasteiger partial charge in [-0.15, -0.1) is 0 Å². The van der Waals surface area contributed by atoms with Crippen LogP contribution in [0.5, 0.6) is 0 Å². The van der Waals surface area contributed by atoms with E-state index in [9.17, 15) is 8.42 Å². The third-order valence-corrected chi connectivity index (χ3v) is 3.94. The molecule has 0 spiro atoms. The molecular weight excluding hydrogens is 248 g/mol. The van der Waals surface area contributed by atoms with Crippen molar-refractivity contribution in [2.24, 2.45) is 5.73 Å². The van der Waals surface area contributed by atoms with Crippen LogP contribution < -0.4 is 10.5 Å². The van der Waals surface area contributed by atoms with Gasteiger partial charge < -0.3 is 5.73 Å². The quantitative estimate of drug-likeness (QED) is 0.840. The molecule has 1 aromatic rings. The summed E-state index contributed by atoms with van der Waals surface area (Å²) in [5.41, 5.74) is 5.97. The Balaban J connectivity index is 2.81. The molecule has 0 aromatic heterocycles. The molecule has 90 valence electrons. The van der Waals surface area contributed by atoms with Gasteiger partial charge in [0.05, 0.1) is 5.75 Å². The molecule has 0 saturated heterocycles. The van der Waals surface area contributed by atoms with E-state index >= 15 is 0 Å². The Morgan fingerprint density at radius 2 is 2.06 bits per heavy atom. The summed E-state index contributed by atoms with van der Waals surface area (Å²) in [7, 11) is -3.33. The van der Waals surface area contributed by atoms with Gasteiger partial charge in [0.2, 0.25) is 10.0 Å². The maximum Gasteiger partial charge on any atom is 0.213 e. The first kappa shape index (κ1) is 13.4. The predicted molar refractivity (Wildman–Crippen MR) is 65.8 cm³/mol. The normalized spacial score (nSPS) is 13.7. The van der Waals surface area contributed by atoms with Gasteiger partial charge in [-0.1, -0.05) is 29.8 Å². The summed E-state index contributed by atoms with van der Waals surface area (Å²) < 4.78 is 25.5. The van der Waals surface area contributed by atoms with Crippen molar-refractivity contribution < 1.29 is 8.42 Å². The Bertz CT molecular complexity index is 448. The molecule has 1 atom stereocenters. The SMILES string of the molecule is CC(NS(=O)(=O)CCN)c1ccccc1Cl. The largest absolute Gasteiger partial charge is 0.329 e. The fourth-order valence-corrected chi connectivity index (χ4v) is 2.77. The highest BCUT2D eigenvalue weighted by Crippen LogP contribution is 2.22. The number of sulfonamides is 1. The van der Waals surface area contributed by atoms with Crippen LogP contribution in [-0.2, 0) is 10.0 Å². The van der Waals surface area contributed by atoms with Crippen LogP contribution in [0.25, 0.3) is 0 Å². The maximum absolute atomic E-state index is 11.5. The summed E-state index contributed by atoms with van der Waals surface area (Å²) in [6, 6.07) is 6.77. The highest BCUT2D eigenvalue weighted by atomic mass is 35.5. The molecule has 3 N–H and O–H groups in total. The predicted octanol–water partition coefficient (Wildman–Crippen LogP) is 1.28. The molecule has 0 heterocycles. The molecule has 0 radical (unpaired) electrons. The first-order chi connectivity index (χ1) is 7.46. The summed E-state index contributed by atoms with van der Waals surface area (Å²) in [6.07, 6.45) is 0. The Hall–Kier alpha value is -0.620. The van der Waals surface area contributed by atoms with Crippen molar-refractivity contribution in [3.8, 4) is 0 Å². The van der Waals surface area contributed by atoms with Gasteiger partial charge in [-0.3, -0.25) is 0 Å². The van der Waals surface area contributed by atoms with Crippen LogP contribution in [0.15, 0.2) is 24.3 Å². The lowest BCUT2D eigenvalue weighted by atomic mass is 10.1. The van der Waals surface area contributed by atoms with Crippen LogP contribution in [0, 0.1) is 0 Å². The van der Waals surface area contributed by atoms with E-state index in [1.165, 1.54) is 0 Å². The topological polar surface area (TPSA) is 72.2 Å². The van der Waals surface area contributed by atoms with Crippen molar-refractivity contribution in [1.82, 2.24) is 4.72 Å². The summed E-state index contributed by atoms with van der Waals surface area (Å²) in [5.74, 6) is -0.0816. The number of rotatable bonds is 5. The van der Waals surface area contributed by atoms with Crippen molar-refractivity contribution in [2.75, 3.05) is 12.3 Å². The lowest BCUT2D eigenvalue weighted by Gasteiger charge is -2.15. The number of hydrogen-bond acceptors (Lipinski definition) is 3. The van der Waals surface area contributed by atoms with E-state index < -0.39 is 10.0 Å². The monoisotopic (exact) mass is 262 g/mol. The van der Waals surface area contributed by atoms with Crippen molar-refractivity contribution in [1.29, 1.82) is 0 Å². The summed E-state index contributed by atoms with van der Waals surface area (Å²) >= 11 is 5.97. The molecular formula is C10H15ClN2O2S. The van der Waals surface area contributed by atoms with Crippen LogP contribution in [0.2, 0.25) is 5.02 Å². The second-order valence-electron chi connectivity index (χ2n) is 3.47. The van der Waals surface area contributed by atoms with E-state index in [1.54, 1.807) is 25.1 Å². The van der Waals surface area contributed by atoms with Crippen molar-refractivity contribution in [3.63, 3.8) is 0 Å². The van der Waals surface area contributed by atoms with Gasteiger partial charge in [0.15, 0.2) is 0 Å². The smallest absolute Gasteiger partial charge is 0.213 e. The zero-order valence-corrected chi connectivity index (χ0v) is 10.6. The van der Waals surface area contributed by atoms with Gasteiger partial charge in [-0.05, 0) is 18.6 Å². The van der Waals surface area contributed by atoms with E-state index in [4.69, 9.17) is 17.3 Å². The average Bonchev–Trinajstić information content (AvgIpc) is 2.17. The van der Waals surface area contributed by atoms with Crippen LogP contribution in [0.3, 0.4) is 0 Å². The Morgan fingerprint density at radius 1 is 1.44 bits per heavy atom. The highest BCUT2D eigenvalue weighted by molar-refractivity contribution is 7.89. The minimum atomic E-state index is -3.33. The number of halogens is 1. The van der Waals surface area contributed by atoms with Gasteiger partial charge in [-0.25, -0.2) is 13.1 Å². The Kier molecular flexibility index (Phi) is 4.73. The standard InChI is InChI=1S/C10H15ClN2O2S/c1-8(13-16(14,15)7-6-12)9-4-2-3-5-10(9)11/h2-5,8,13H,6-7,12H2,1H3. The third-order valence-electron chi connectivity index (χ3n) is 2.11. The van der Waals surface area contributed by atoms with Crippen molar-refractivity contribution >= 4 is 21.6 Å². The number of nitrogens with two attached hydrogens (primary N) is 1.